The fraction of sp³-hybridized carbons (Fsp3) is 0.261. The molecule has 1 aliphatic rings. The van der Waals surface area contributed by atoms with E-state index in [-0.39, 0.29) is 59.9 Å². The number of hydrogen-bond donors (Lipinski definition) is 4. The standard InChI is InChI=1S/C46H41F3N12O7/c1-25-19-35(32-9-4-5-10-33(32)46(47,48)49)58-61-40(26(2)53-42(25)61)43(64)55-37-14-17-51-45(56-37)68-31-15-18-66-39(21-31)59-27(3)41(44(65)54-36-13-16-50-24-52-36)60-38(59)12-11-34(57-60)28-7-6-8-30(20-28)67-23-29(63)22-62/h4-14,16-17,19-20,24,29,31,39,62-63H,15,18,21-23H2,1-3H3,(H-,50,51,52,54,55,56,64,65)/p+1/t29-,31?,39?/m1/s1. The number of imidazole rings is 2. The summed E-state index contributed by atoms with van der Waals surface area (Å²) in [6, 6.07) is 20.2. The third-order valence-electron chi connectivity index (χ3n) is 11.1. The number of nitrogens with one attached hydrogen (secondary N) is 2. The SMILES string of the molecule is Cc1nc2c(C)cc(-c3ccccc3C(F)(F)F)nn2c1C(=O)Nc1ccnc(OC2CCOC([n+]3c(C)c(C(=O)Nc4ccncn4)n4nc(-c5cccc(OC[C@H](O)CO)c5)ccc43)C2)n1. The Morgan fingerprint density at radius 3 is 2.47 bits per heavy atom. The van der Waals surface area contributed by atoms with Gasteiger partial charge in [0.05, 0.1) is 36.6 Å². The first-order valence-electron chi connectivity index (χ1n) is 21.3. The molecule has 8 aromatic rings. The number of alkyl halides is 3. The maximum atomic E-state index is 14.1. The fourth-order valence-corrected chi connectivity index (χ4v) is 7.96. The number of nitrogens with zero attached hydrogens (tertiary/aromatic N) is 10. The lowest BCUT2D eigenvalue weighted by Gasteiger charge is -2.28. The van der Waals surface area contributed by atoms with Crippen molar-refractivity contribution in [2.75, 3.05) is 30.5 Å². The third kappa shape index (κ3) is 9.23. The van der Waals surface area contributed by atoms with Crippen LogP contribution in [0, 0.1) is 20.8 Å². The van der Waals surface area contributed by atoms with E-state index >= 15 is 0 Å². The van der Waals surface area contributed by atoms with Crippen LogP contribution in [0.4, 0.5) is 24.8 Å². The molecule has 1 fully saturated rings. The van der Waals surface area contributed by atoms with Crippen molar-refractivity contribution in [1.29, 1.82) is 0 Å². The minimum Gasteiger partial charge on any atom is -0.491 e. The van der Waals surface area contributed by atoms with Gasteiger partial charge in [-0.05, 0) is 61.9 Å². The Morgan fingerprint density at radius 2 is 1.68 bits per heavy atom. The summed E-state index contributed by atoms with van der Waals surface area (Å²) in [5.74, 6) is -0.364. The number of anilines is 2. The Bertz CT molecular complexity index is 3180. The zero-order valence-corrected chi connectivity index (χ0v) is 36.5. The lowest BCUT2D eigenvalue weighted by atomic mass is 10.0. The van der Waals surface area contributed by atoms with Crippen molar-refractivity contribution in [2.45, 2.75) is 58.2 Å². The zero-order chi connectivity index (χ0) is 47.7. The molecule has 348 valence electrons. The van der Waals surface area contributed by atoms with Crippen molar-refractivity contribution in [3.05, 3.63) is 131 Å². The van der Waals surface area contributed by atoms with Crippen molar-refractivity contribution in [1.82, 2.24) is 44.1 Å². The van der Waals surface area contributed by atoms with E-state index in [0.29, 0.717) is 51.7 Å². The van der Waals surface area contributed by atoms with E-state index in [9.17, 15) is 33.0 Å². The number of halogens is 3. The highest BCUT2D eigenvalue weighted by atomic mass is 19.4. The van der Waals surface area contributed by atoms with Crippen LogP contribution in [0.5, 0.6) is 11.8 Å². The number of carbonyl (C=O) groups excluding carboxylic acids is 2. The monoisotopic (exact) mass is 931 g/mol. The molecule has 7 heterocycles. The minimum absolute atomic E-state index is 0.000742. The van der Waals surface area contributed by atoms with Gasteiger partial charge < -0.3 is 35.1 Å². The normalized spacial score (nSPS) is 15.6. The van der Waals surface area contributed by atoms with E-state index < -0.39 is 48.6 Å². The number of ether oxygens (including phenoxy) is 3. The summed E-state index contributed by atoms with van der Waals surface area (Å²) in [6.45, 7) is 4.75. The maximum absolute atomic E-state index is 14.1. The number of rotatable bonds is 13. The molecule has 6 aromatic heterocycles. The summed E-state index contributed by atoms with van der Waals surface area (Å²) in [7, 11) is 0. The summed E-state index contributed by atoms with van der Waals surface area (Å²) in [5, 5.41) is 33.9. The molecule has 2 amide bonds. The van der Waals surface area contributed by atoms with Crippen molar-refractivity contribution < 1.29 is 51.8 Å². The molecule has 4 N–H and O–H groups in total. The molecule has 1 aliphatic heterocycles. The first-order valence-corrected chi connectivity index (χ1v) is 21.3. The summed E-state index contributed by atoms with van der Waals surface area (Å²) in [6.07, 6.45) is -1.87. The zero-order valence-electron chi connectivity index (χ0n) is 36.5. The molecule has 68 heavy (non-hydrogen) atoms. The average Bonchev–Trinajstić information content (AvgIpc) is 3.83. The molecule has 3 atom stereocenters. The molecule has 0 aliphatic carbocycles. The van der Waals surface area contributed by atoms with Gasteiger partial charge in [0, 0.05) is 42.9 Å². The molecule has 19 nitrogen and oxygen atoms in total. The van der Waals surface area contributed by atoms with Crippen LogP contribution in [0.3, 0.4) is 0 Å². The quantitative estimate of drug-likeness (QED) is 0.105. The number of fused-ring (bicyclic) bond motifs is 2. The van der Waals surface area contributed by atoms with Crippen LogP contribution in [0.1, 0.15) is 62.6 Å². The van der Waals surface area contributed by atoms with Crippen LogP contribution in [-0.2, 0) is 10.9 Å². The van der Waals surface area contributed by atoms with Crippen molar-refractivity contribution >= 4 is 34.7 Å². The predicted molar refractivity (Wildman–Crippen MR) is 236 cm³/mol. The van der Waals surface area contributed by atoms with Crippen LogP contribution < -0.4 is 24.7 Å². The number of amides is 2. The van der Waals surface area contributed by atoms with Gasteiger partial charge in [0.2, 0.25) is 6.23 Å². The highest BCUT2D eigenvalue weighted by Crippen LogP contribution is 2.37. The number of hydrogen-bond acceptors (Lipinski definition) is 14. The first-order chi connectivity index (χ1) is 32.7. The predicted octanol–water partition coefficient (Wildman–Crippen LogP) is 5.52. The summed E-state index contributed by atoms with van der Waals surface area (Å²) in [4.78, 5) is 49.3. The van der Waals surface area contributed by atoms with E-state index in [4.69, 9.17) is 19.3 Å². The Hall–Kier alpha value is -7.95. The van der Waals surface area contributed by atoms with Gasteiger partial charge in [-0.15, -0.1) is 0 Å². The molecule has 2 unspecified atom stereocenters. The van der Waals surface area contributed by atoms with E-state index in [0.717, 1.165) is 6.07 Å². The van der Waals surface area contributed by atoms with E-state index in [1.165, 1.54) is 58.1 Å². The maximum Gasteiger partial charge on any atom is 0.417 e. The lowest BCUT2D eigenvalue weighted by molar-refractivity contribution is -0.749. The Labute approximate surface area is 384 Å². The van der Waals surface area contributed by atoms with Crippen LogP contribution in [0.15, 0.2) is 97.6 Å². The van der Waals surface area contributed by atoms with Gasteiger partial charge in [0.1, 0.15) is 48.2 Å². The second kappa shape index (κ2) is 18.7. The van der Waals surface area contributed by atoms with Gasteiger partial charge in [-0.3, -0.25) is 9.59 Å². The largest absolute Gasteiger partial charge is 0.491 e. The van der Waals surface area contributed by atoms with Gasteiger partial charge in [-0.1, -0.05) is 39.9 Å². The van der Waals surface area contributed by atoms with Crippen LogP contribution in [0.2, 0.25) is 0 Å². The highest BCUT2D eigenvalue weighted by molar-refractivity contribution is 6.04. The number of carbonyl (C=O) groups is 2. The van der Waals surface area contributed by atoms with Gasteiger partial charge >= 0.3 is 23.7 Å². The van der Waals surface area contributed by atoms with Gasteiger partial charge in [0.25, 0.3) is 11.6 Å². The molecule has 1 saturated heterocycles. The first kappa shape index (κ1) is 45.2. The fourth-order valence-electron chi connectivity index (χ4n) is 7.96. The van der Waals surface area contributed by atoms with E-state index in [1.54, 1.807) is 51.1 Å². The average molecular weight is 932 g/mol. The second-order valence-electron chi connectivity index (χ2n) is 15.8. The van der Waals surface area contributed by atoms with Gasteiger partial charge in [-0.25, -0.2) is 24.5 Å². The second-order valence-corrected chi connectivity index (χ2v) is 15.8. The highest BCUT2D eigenvalue weighted by Gasteiger charge is 2.38. The lowest BCUT2D eigenvalue weighted by Crippen LogP contribution is -2.48. The van der Waals surface area contributed by atoms with Crippen LogP contribution in [0.25, 0.3) is 33.8 Å². The smallest absolute Gasteiger partial charge is 0.417 e. The van der Waals surface area contributed by atoms with E-state index in [1.807, 2.05) is 16.7 Å². The third-order valence-corrected chi connectivity index (χ3v) is 11.1. The molecule has 0 spiro atoms. The minimum atomic E-state index is -4.64. The number of aryl methyl sites for hydroxylation is 2. The molecule has 2 aromatic carbocycles. The topological polar surface area (TPSA) is 229 Å². The molecule has 22 heteroatoms. The Morgan fingerprint density at radius 1 is 0.897 bits per heavy atom. The Balaban J connectivity index is 0.969. The van der Waals surface area contributed by atoms with Crippen LogP contribution in [-0.4, -0.2) is 98.2 Å². The number of benzene rings is 2. The number of aliphatic hydroxyl groups is 2. The molecule has 0 radical (unpaired) electrons. The molecule has 0 saturated carbocycles. The summed E-state index contributed by atoms with van der Waals surface area (Å²) < 4.78 is 64.8. The summed E-state index contributed by atoms with van der Waals surface area (Å²) >= 11 is 0. The summed E-state index contributed by atoms with van der Waals surface area (Å²) in [5.41, 5.74) is 2.50. The Kier molecular flexibility index (Phi) is 12.5. The van der Waals surface area contributed by atoms with Crippen molar-refractivity contribution in [3.63, 3.8) is 0 Å². The molecule has 0 bridgehead atoms. The molecular weight excluding hydrogens is 890 g/mol. The molecular formula is C46H42F3N12O7+. The number of aromatic nitrogens is 10. The van der Waals surface area contributed by atoms with Crippen molar-refractivity contribution in [3.8, 4) is 34.3 Å². The molecule has 9 rings (SSSR count). The van der Waals surface area contributed by atoms with Crippen molar-refractivity contribution in [2.24, 2.45) is 0 Å². The van der Waals surface area contributed by atoms with Crippen LogP contribution >= 0.6 is 0 Å². The number of aliphatic hydroxyl groups excluding tert-OH is 2. The van der Waals surface area contributed by atoms with Gasteiger partial charge in [-0.2, -0.15) is 27.8 Å². The van der Waals surface area contributed by atoms with Gasteiger partial charge in [0.15, 0.2) is 17.0 Å². The van der Waals surface area contributed by atoms with E-state index in [2.05, 4.69) is 40.7 Å².